The van der Waals surface area contributed by atoms with E-state index < -0.39 is 0 Å². The average molecular weight is 269 g/mol. The topological polar surface area (TPSA) is 37.3 Å². The second kappa shape index (κ2) is 5.89. The van der Waals surface area contributed by atoms with Crippen LogP contribution in [-0.4, -0.2) is 16.7 Å². The van der Waals surface area contributed by atoms with E-state index in [4.69, 9.17) is 0 Å². The van der Waals surface area contributed by atoms with E-state index in [9.17, 15) is 0 Å². The molecule has 1 N–H and O–H groups in total. The maximum Gasteiger partial charge on any atom is 0.161 e. The van der Waals surface area contributed by atoms with Crippen molar-refractivity contribution in [1.82, 2.24) is 4.98 Å². The molecule has 0 bridgehead atoms. The summed E-state index contributed by atoms with van der Waals surface area (Å²) in [7, 11) is 0. The molecule has 0 saturated carbocycles. The molecule has 4 heteroatoms. The van der Waals surface area contributed by atoms with E-state index in [1.54, 1.807) is 11.8 Å². The lowest BCUT2D eigenvalue weighted by Gasteiger charge is -2.09. The first kappa shape index (κ1) is 12.2. The van der Waals surface area contributed by atoms with Crippen LogP contribution in [0.5, 0.6) is 0 Å². The minimum absolute atomic E-state index is 0.850. The van der Waals surface area contributed by atoms with Crippen molar-refractivity contribution < 1.29 is 0 Å². The van der Waals surface area contributed by atoms with E-state index in [1.807, 2.05) is 24.5 Å². The third-order valence-electron chi connectivity index (χ3n) is 3.02. The fourth-order valence-corrected chi connectivity index (χ4v) is 2.87. The van der Waals surface area contributed by atoms with E-state index in [0.29, 0.717) is 0 Å². The number of rotatable bonds is 2. The molecule has 0 fully saturated rings. The maximum absolute atomic E-state index is 4.61. The molecule has 2 aromatic rings. The zero-order valence-corrected chi connectivity index (χ0v) is 11.4. The molecule has 0 radical (unpaired) electrons. The molecule has 2 heterocycles. The molecule has 0 unspecified atom stereocenters. The number of nitrogens with one attached hydrogen (secondary N) is 1. The molecule has 19 heavy (non-hydrogen) atoms. The first-order valence-corrected chi connectivity index (χ1v) is 7.31. The highest BCUT2D eigenvalue weighted by Gasteiger charge is 2.09. The Kier molecular flexibility index (Phi) is 3.79. The molecule has 0 saturated heterocycles. The van der Waals surface area contributed by atoms with Crippen molar-refractivity contribution in [3.05, 3.63) is 59.9 Å². The molecule has 3 rings (SSSR count). The minimum Gasteiger partial charge on any atom is -0.335 e. The maximum atomic E-state index is 4.61. The van der Waals surface area contributed by atoms with Crippen LogP contribution in [0.1, 0.15) is 11.1 Å². The third-order valence-corrected chi connectivity index (χ3v) is 4.00. The lowest BCUT2D eigenvalue weighted by molar-refractivity contribution is 0.984. The zero-order valence-electron chi connectivity index (χ0n) is 10.5. The summed E-state index contributed by atoms with van der Waals surface area (Å²) in [5, 5.41) is 4.43. The number of aliphatic imine (C=N–C) groups is 1. The van der Waals surface area contributed by atoms with Gasteiger partial charge in [0.2, 0.25) is 0 Å². The SMILES string of the molecule is c1ccc2c(c1)CCN=C(SCc1ccncc1)N2. The van der Waals surface area contributed by atoms with Crippen molar-refractivity contribution in [2.24, 2.45) is 4.99 Å². The van der Waals surface area contributed by atoms with Gasteiger partial charge in [-0.25, -0.2) is 0 Å². The lowest BCUT2D eigenvalue weighted by Crippen LogP contribution is -2.07. The molecule has 1 aromatic carbocycles. The lowest BCUT2D eigenvalue weighted by atomic mass is 10.1. The van der Waals surface area contributed by atoms with E-state index in [-0.39, 0.29) is 0 Å². The normalized spacial score (nSPS) is 14.0. The van der Waals surface area contributed by atoms with Gasteiger partial charge in [-0.1, -0.05) is 30.0 Å². The monoisotopic (exact) mass is 269 g/mol. The third kappa shape index (κ3) is 3.15. The highest BCUT2D eigenvalue weighted by molar-refractivity contribution is 8.13. The molecule has 0 amide bonds. The second-order valence-electron chi connectivity index (χ2n) is 4.36. The average Bonchev–Trinajstić information content (AvgIpc) is 2.68. The molecule has 0 atom stereocenters. The van der Waals surface area contributed by atoms with Gasteiger partial charge in [0.05, 0.1) is 0 Å². The van der Waals surface area contributed by atoms with Gasteiger partial charge in [-0.05, 0) is 35.7 Å². The summed E-state index contributed by atoms with van der Waals surface area (Å²) in [6.45, 7) is 0.850. The van der Waals surface area contributed by atoms with Crippen LogP contribution in [-0.2, 0) is 12.2 Å². The molecule has 3 nitrogen and oxygen atoms in total. The van der Waals surface area contributed by atoms with E-state index in [1.165, 1.54) is 16.8 Å². The molecule has 96 valence electrons. The van der Waals surface area contributed by atoms with Crippen molar-refractivity contribution in [1.29, 1.82) is 0 Å². The molecule has 1 aromatic heterocycles. The Balaban J connectivity index is 1.68. The van der Waals surface area contributed by atoms with Crippen LogP contribution in [0.3, 0.4) is 0 Å². The van der Waals surface area contributed by atoms with E-state index in [2.05, 4.69) is 39.6 Å². The van der Waals surface area contributed by atoms with Crippen molar-refractivity contribution >= 4 is 22.6 Å². The van der Waals surface area contributed by atoms with E-state index >= 15 is 0 Å². The minimum atomic E-state index is 0.850. The second-order valence-corrected chi connectivity index (χ2v) is 5.33. The summed E-state index contributed by atoms with van der Waals surface area (Å²) in [6.07, 6.45) is 4.66. The quantitative estimate of drug-likeness (QED) is 0.908. The Labute approximate surface area is 117 Å². The number of nitrogens with zero attached hydrogens (tertiary/aromatic N) is 2. The summed E-state index contributed by atoms with van der Waals surface area (Å²) < 4.78 is 0. The van der Waals surface area contributed by atoms with Crippen LogP contribution in [0.2, 0.25) is 0 Å². The van der Waals surface area contributed by atoms with Crippen molar-refractivity contribution in [2.75, 3.05) is 11.9 Å². The van der Waals surface area contributed by atoms with Gasteiger partial charge in [-0.2, -0.15) is 0 Å². The highest BCUT2D eigenvalue weighted by Crippen LogP contribution is 2.22. The Hall–Kier alpha value is -1.81. The van der Waals surface area contributed by atoms with Crippen LogP contribution in [0.4, 0.5) is 5.69 Å². The first-order chi connectivity index (χ1) is 9.42. The number of pyridine rings is 1. The molecule has 0 spiro atoms. The summed E-state index contributed by atoms with van der Waals surface area (Å²) in [4.78, 5) is 8.64. The zero-order chi connectivity index (χ0) is 12.9. The van der Waals surface area contributed by atoms with Crippen LogP contribution >= 0.6 is 11.8 Å². The Morgan fingerprint density at radius 1 is 1.11 bits per heavy atom. The fourth-order valence-electron chi connectivity index (χ4n) is 2.01. The summed E-state index contributed by atoms with van der Waals surface area (Å²) >= 11 is 1.74. The van der Waals surface area contributed by atoms with Gasteiger partial charge in [0, 0.05) is 30.4 Å². The summed E-state index contributed by atoms with van der Waals surface area (Å²) in [5.74, 6) is 0.913. The number of fused-ring (bicyclic) bond motifs is 1. The number of amidine groups is 1. The number of hydrogen-bond acceptors (Lipinski definition) is 4. The van der Waals surface area contributed by atoms with Gasteiger partial charge in [0.1, 0.15) is 0 Å². The Morgan fingerprint density at radius 2 is 1.95 bits per heavy atom. The van der Waals surface area contributed by atoms with Crippen LogP contribution in [0.25, 0.3) is 0 Å². The predicted octanol–water partition coefficient (Wildman–Crippen LogP) is 3.34. The smallest absolute Gasteiger partial charge is 0.161 e. The molecule has 1 aliphatic heterocycles. The predicted molar refractivity (Wildman–Crippen MR) is 81.6 cm³/mol. The van der Waals surface area contributed by atoms with Crippen molar-refractivity contribution in [2.45, 2.75) is 12.2 Å². The highest BCUT2D eigenvalue weighted by atomic mass is 32.2. The van der Waals surface area contributed by atoms with Gasteiger partial charge < -0.3 is 5.32 Å². The molecule has 1 aliphatic rings. The van der Waals surface area contributed by atoms with Gasteiger partial charge in [-0.15, -0.1) is 0 Å². The molecule has 0 aliphatic carbocycles. The number of thioether (sulfide) groups is 1. The summed E-state index contributed by atoms with van der Waals surface area (Å²) in [6, 6.07) is 12.5. The largest absolute Gasteiger partial charge is 0.335 e. The van der Waals surface area contributed by atoms with Crippen molar-refractivity contribution in [3.63, 3.8) is 0 Å². The summed E-state index contributed by atoms with van der Waals surface area (Å²) in [5.41, 5.74) is 3.79. The van der Waals surface area contributed by atoms with Crippen LogP contribution in [0.15, 0.2) is 53.8 Å². The van der Waals surface area contributed by atoms with E-state index in [0.717, 1.165) is 23.9 Å². The van der Waals surface area contributed by atoms with Gasteiger partial charge >= 0.3 is 0 Å². The van der Waals surface area contributed by atoms with Gasteiger partial charge in [0.15, 0.2) is 5.17 Å². The number of hydrogen-bond donors (Lipinski definition) is 1. The van der Waals surface area contributed by atoms with Crippen LogP contribution in [0, 0.1) is 0 Å². The first-order valence-electron chi connectivity index (χ1n) is 6.33. The van der Waals surface area contributed by atoms with Gasteiger partial charge in [0.25, 0.3) is 0 Å². The van der Waals surface area contributed by atoms with Gasteiger partial charge in [-0.3, -0.25) is 9.98 Å². The van der Waals surface area contributed by atoms with Crippen molar-refractivity contribution in [3.8, 4) is 0 Å². The molecular weight excluding hydrogens is 254 g/mol. The molecular formula is C15H15N3S. The standard InChI is InChI=1S/C15H15N3S/c1-2-4-14-13(3-1)7-10-17-15(18-14)19-11-12-5-8-16-9-6-12/h1-6,8-9H,7,10-11H2,(H,17,18). The van der Waals surface area contributed by atoms with Crippen LogP contribution < -0.4 is 5.32 Å². The number of anilines is 1. The fraction of sp³-hybridized carbons (Fsp3) is 0.200. The number of benzene rings is 1. The number of aromatic nitrogens is 1. The Bertz CT molecular complexity index is 581. The number of para-hydroxylation sites is 1. The Morgan fingerprint density at radius 3 is 2.84 bits per heavy atom.